The molecule has 1 fully saturated rings. The maximum atomic E-state index is 12.2. The molecule has 0 aromatic heterocycles. The van der Waals surface area contributed by atoms with E-state index >= 15 is 0 Å². The van der Waals surface area contributed by atoms with Gasteiger partial charge in [-0.05, 0) is 38.0 Å². The van der Waals surface area contributed by atoms with Gasteiger partial charge in [0.15, 0.2) is 5.78 Å². The van der Waals surface area contributed by atoms with Crippen LogP contribution >= 0.6 is 11.6 Å². The Bertz CT molecular complexity index is 618. The monoisotopic (exact) mass is 323 g/mol. The number of amides is 3. The lowest BCUT2D eigenvalue weighted by atomic mass is 9.98. The molecule has 22 heavy (non-hydrogen) atoms. The number of benzene rings is 1. The first-order valence-electron chi connectivity index (χ1n) is 7.04. The van der Waals surface area contributed by atoms with Gasteiger partial charge in [-0.2, -0.15) is 0 Å². The average molecular weight is 324 g/mol. The van der Waals surface area contributed by atoms with E-state index < -0.39 is 0 Å². The number of nitrogens with one attached hydrogen (secondary N) is 1. The van der Waals surface area contributed by atoms with Crippen molar-refractivity contribution < 1.29 is 14.4 Å². The van der Waals surface area contributed by atoms with E-state index in [0.717, 1.165) is 6.42 Å². The summed E-state index contributed by atoms with van der Waals surface area (Å²) in [7, 11) is 0. The minimum Gasteiger partial charge on any atom is -0.369 e. The minimum absolute atomic E-state index is 0.136. The van der Waals surface area contributed by atoms with Crippen LogP contribution in [-0.4, -0.2) is 35.7 Å². The van der Waals surface area contributed by atoms with Gasteiger partial charge in [-0.3, -0.25) is 9.59 Å². The van der Waals surface area contributed by atoms with Gasteiger partial charge in [0.05, 0.1) is 10.9 Å². The lowest BCUT2D eigenvalue weighted by molar-refractivity contribution is -0.123. The van der Waals surface area contributed by atoms with Crippen LogP contribution in [0.2, 0.25) is 5.02 Å². The van der Waals surface area contributed by atoms with Gasteiger partial charge >= 0.3 is 6.03 Å². The number of rotatable bonds is 3. The number of hydrogen-bond donors (Lipinski definition) is 2. The van der Waals surface area contributed by atoms with Gasteiger partial charge in [-0.25, -0.2) is 4.79 Å². The predicted octanol–water partition coefficient (Wildman–Crippen LogP) is 2.27. The number of Topliss-reactive ketones (excluding diaryl/α,β-unsaturated/α-hetero) is 1. The lowest BCUT2D eigenvalue weighted by Crippen LogP contribution is -2.45. The van der Waals surface area contributed by atoms with Crippen LogP contribution in [-0.2, 0) is 4.79 Å². The fourth-order valence-electron chi connectivity index (χ4n) is 2.47. The number of likely N-dealkylation sites (tertiary alicyclic amines) is 1. The smallest absolute Gasteiger partial charge is 0.321 e. The zero-order valence-electron chi connectivity index (χ0n) is 12.3. The molecule has 6 nitrogen and oxygen atoms in total. The summed E-state index contributed by atoms with van der Waals surface area (Å²) in [6, 6.07) is 4.42. The van der Waals surface area contributed by atoms with Crippen molar-refractivity contribution in [3.05, 3.63) is 28.8 Å². The number of hydrogen-bond acceptors (Lipinski definition) is 3. The fourth-order valence-corrected chi connectivity index (χ4v) is 2.79. The van der Waals surface area contributed by atoms with E-state index in [0.29, 0.717) is 35.8 Å². The van der Waals surface area contributed by atoms with Crippen molar-refractivity contribution in [1.82, 2.24) is 4.90 Å². The van der Waals surface area contributed by atoms with Gasteiger partial charge in [-0.1, -0.05) is 11.6 Å². The number of primary amides is 1. The zero-order valence-corrected chi connectivity index (χ0v) is 13.0. The van der Waals surface area contributed by atoms with Crippen molar-refractivity contribution in [2.75, 3.05) is 18.4 Å². The van der Waals surface area contributed by atoms with Crippen molar-refractivity contribution in [1.29, 1.82) is 0 Å². The number of anilines is 1. The first-order valence-corrected chi connectivity index (χ1v) is 7.42. The van der Waals surface area contributed by atoms with Crippen molar-refractivity contribution in [3.63, 3.8) is 0 Å². The normalized spacial score (nSPS) is 17.9. The fraction of sp³-hybridized carbons (Fsp3) is 0.400. The summed E-state index contributed by atoms with van der Waals surface area (Å²) in [6.45, 7) is 2.33. The number of ketones is 1. The van der Waals surface area contributed by atoms with Gasteiger partial charge in [0, 0.05) is 24.3 Å². The number of nitrogens with two attached hydrogens (primary N) is 1. The summed E-state index contributed by atoms with van der Waals surface area (Å²) >= 11 is 6.01. The van der Waals surface area contributed by atoms with Gasteiger partial charge < -0.3 is 16.0 Å². The number of carbonyl (C=O) groups excluding carboxylic acids is 3. The molecule has 1 aromatic carbocycles. The lowest BCUT2D eigenvalue weighted by Gasteiger charge is -2.31. The van der Waals surface area contributed by atoms with Crippen molar-refractivity contribution in [2.45, 2.75) is 19.8 Å². The largest absolute Gasteiger partial charge is 0.369 e. The average Bonchev–Trinajstić information content (AvgIpc) is 2.47. The molecule has 3 N–H and O–H groups in total. The molecule has 7 heteroatoms. The van der Waals surface area contributed by atoms with E-state index in [2.05, 4.69) is 5.32 Å². The second-order valence-electron chi connectivity index (χ2n) is 5.37. The van der Waals surface area contributed by atoms with Crippen LogP contribution in [0.3, 0.4) is 0 Å². The van der Waals surface area contributed by atoms with Crippen LogP contribution < -0.4 is 11.1 Å². The molecule has 0 radical (unpaired) electrons. The molecule has 1 aliphatic rings. The second-order valence-corrected chi connectivity index (χ2v) is 5.78. The van der Waals surface area contributed by atoms with E-state index in [1.807, 2.05) is 0 Å². The molecule has 1 unspecified atom stereocenters. The number of carbonyl (C=O) groups is 3. The summed E-state index contributed by atoms with van der Waals surface area (Å²) in [5, 5.41) is 3.01. The Kier molecular flexibility index (Phi) is 5.03. The Balaban J connectivity index is 2.04. The Morgan fingerprint density at radius 2 is 2.09 bits per heavy atom. The highest BCUT2D eigenvalue weighted by atomic mass is 35.5. The summed E-state index contributed by atoms with van der Waals surface area (Å²) in [5.41, 5.74) is 6.21. The van der Waals surface area contributed by atoms with Gasteiger partial charge in [0.1, 0.15) is 0 Å². The van der Waals surface area contributed by atoms with Crippen LogP contribution in [0.4, 0.5) is 10.5 Å². The molecule has 118 valence electrons. The summed E-state index contributed by atoms with van der Waals surface area (Å²) in [6.07, 6.45) is 1.45. The molecule has 1 aromatic rings. The molecule has 1 saturated heterocycles. The summed E-state index contributed by atoms with van der Waals surface area (Å²) in [5.74, 6) is -0.822. The Morgan fingerprint density at radius 1 is 1.36 bits per heavy atom. The molecule has 0 bridgehead atoms. The zero-order chi connectivity index (χ0) is 16.3. The Labute approximate surface area is 133 Å². The third-order valence-corrected chi connectivity index (χ3v) is 4.02. The second kappa shape index (κ2) is 6.79. The maximum absolute atomic E-state index is 12.2. The molecule has 0 aliphatic carbocycles. The third kappa shape index (κ3) is 3.76. The van der Waals surface area contributed by atoms with Crippen LogP contribution in [0.1, 0.15) is 30.1 Å². The molecule has 3 amide bonds. The van der Waals surface area contributed by atoms with Crippen molar-refractivity contribution in [3.8, 4) is 0 Å². The van der Waals surface area contributed by atoms with Crippen LogP contribution in [0.5, 0.6) is 0 Å². The minimum atomic E-state index is -0.383. The van der Waals surface area contributed by atoms with Gasteiger partial charge in [0.25, 0.3) is 0 Å². The van der Waals surface area contributed by atoms with E-state index in [1.165, 1.54) is 13.0 Å². The summed E-state index contributed by atoms with van der Waals surface area (Å²) in [4.78, 5) is 36.3. The molecular formula is C15H18ClN3O3. The number of piperidine rings is 1. The topological polar surface area (TPSA) is 92.5 Å². The van der Waals surface area contributed by atoms with E-state index in [9.17, 15) is 14.4 Å². The molecule has 1 atom stereocenters. The molecule has 2 rings (SSSR count). The van der Waals surface area contributed by atoms with Crippen LogP contribution in [0.25, 0.3) is 0 Å². The predicted molar refractivity (Wildman–Crippen MR) is 84.0 cm³/mol. The first-order chi connectivity index (χ1) is 10.4. The first kappa shape index (κ1) is 16.3. The van der Waals surface area contributed by atoms with Crippen molar-refractivity contribution in [2.24, 2.45) is 11.7 Å². The SMILES string of the molecule is CC(=O)c1ccc(NC(=O)N2CCCC(C(N)=O)C2)cc1Cl. The molecule has 0 saturated carbocycles. The van der Waals surface area contributed by atoms with E-state index in [1.54, 1.807) is 17.0 Å². The molecule has 1 heterocycles. The standard InChI is InChI=1S/C15H18ClN3O3/c1-9(20)12-5-4-11(7-13(12)16)18-15(22)19-6-2-3-10(8-19)14(17)21/h4-5,7,10H,2-3,6,8H2,1H3,(H2,17,21)(H,18,22). The van der Waals surface area contributed by atoms with Gasteiger partial charge in [-0.15, -0.1) is 0 Å². The molecule has 0 spiro atoms. The molecular weight excluding hydrogens is 306 g/mol. The van der Waals surface area contributed by atoms with Gasteiger partial charge in [0.2, 0.25) is 5.91 Å². The quantitative estimate of drug-likeness (QED) is 0.836. The number of urea groups is 1. The van der Waals surface area contributed by atoms with E-state index in [-0.39, 0.29) is 23.6 Å². The van der Waals surface area contributed by atoms with Crippen LogP contribution in [0, 0.1) is 5.92 Å². The highest BCUT2D eigenvalue weighted by Gasteiger charge is 2.27. The molecule has 1 aliphatic heterocycles. The highest BCUT2D eigenvalue weighted by molar-refractivity contribution is 6.34. The van der Waals surface area contributed by atoms with Crippen molar-refractivity contribution >= 4 is 35.0 Å². The number of nitrogens with zero attached hydrogens (tertiary/aromatic N) is 1. The Hall–Kier alpha value is -2.08. The maximum Gasteiger partial charge on any atom is 0.321 e. The van der Waals surface area contributed by atoms with Crippen LogP contribution in [0.15, 0.2) is 18.2 Å². The highest BCUT2D eigenvalue weighted by Crippen LogP contribution is 2.22. The number of halogens is 1. The summed E-state index contributed by atoms with van der Waals surface area (Å²) < 4.78 is 0. The Morgan fingerprint density at radius 3 is 2.68 bits per heavy atom. The van der Waals surface area contributed by atoms with E-state index in [4.69, 9.17) is 17.3 Å². The third-order valence-electron chi connectivity index (χ3n) is 3.71.